The summed E-state index contributed by atoms with van der Waals surface area (Å²) in [6.07, 6.45) is 0.389. The van der Waals surface area contributed by atoms with Crippen LogP contribution in [0.4, 0.5) is 0 Å². The van der Waals surface area contributed by atoms with E-state index in [-0.39, 0.29) is 12.5 Å². The molecular formula is C14H19ClN2O3. The Hall–Kier alpha value is -1.59. The topological polar surface area (TPSA) is 78.4 Å². The zero-order chi connectivity index (χ0) is 15.2. The molecule has 0 radical (unpaired) electrons. The highest BCUT2D eigenvalue weighted by Gasteiger charge is 2.30. The summed E-state index contributed by atoms with van der Waals surface area (Å²) in [6, 6.07) is 7.22. The summed E-state index contributed by atoms with van der Waals surface area (Å²) in [7, 11) is 0. The largest absolute Gasteiger partial charge is 0.480 e. The molecule has 0 aliphatic heterocycles. The van der Waals surface area contributed by atoms with Gasteiger partial charge < -0.3 is 10.4 Å². The second-order valence-electron chi connectivity index (χ2n) is 4.71. The first-order chi connectivity index (χ1) is 9.39. The van der Waals surface area contributed by atoms with Crippen molar-refractivity contribution < 1.29 is 14.7 Å². The maximum absolute atomic E-state index is 11.7. The molecule has 3 N–H and O–H groups in total. The zero-order valence-electron chi connectivity index (χ0n) is 11.6. The summed E-state index contributed by atoms with van der Waals surface area (Å²) in [5.41, 5.74) is -0.277. The number of carboxylic acids is 1. The fourth-order valence-electron chi connectivity index (χ4n) is 1.53. The van der Waals surface area contributed by atoms with Crippen LogP contribution < -0.4 is 10.6 Å². The number of hydrogen-bond acceptors (Lipinski definition) is 3. The molecule has 0 fully saturated rings. The van der Waals surface area contributed by atoms with E-state index in [9.17, 15) is 9.59 Å². The quantitative estimate of drug-likeness (QED) is 0.717. The fraction of sp³-hybridized carbons (Fsp3) is 0.429. The van der Waals surface area contributed by atoms with Gasteiger partial charge in [0, 0.05) is 11.6 Å². The highest BCUT2D eigenvalue weighted by atomic mass is 35.5. The molecule has 1 aromatic carbocycles. The van der Waals surface area contributed by atoms with E-state index in [0.29, 0.717) is 18.0 Å². The summed E-state index contributed by atoms with van der Waals surface area (Å²) in [5, 5.41) is 15.1. The Morgan fingerprint density at radius 1 is 1.35 bits per heavy atom. The number of amides is 1. The smallest absolute Gasteiger partial charge is 0.323 e. The number of halogens is 1. The van der Waals surface area contributed by atoms with E-state index in [4.69, 9.17) is 16.7 Å². The zero-order valence-corrected chi connectivity index (χ0v) is 12.3. The lowest BCUT2D eigenvalue weighted by Crippen LogP contribution is -2.52. The van der Waals surface area contributed by atoms with Gasteiger partial charge in [-0.25, -0.2) is 0 Å². The monoisotopic (exact) mass is 298 g/mol. The molecule has 0 aliphatic carbocycles. The van der Waals surface area contributed by atoms with Crippen LogP contribution in [0.1, 0.15) is 25.8 Å². The lowest BCUT2D eigenvalue weighted by Gasteiger charge is -2.24. The molecule has 0 saturated heterocycles. The third-order valence-corrected chi connectivity index (χ3v) is 3.62. The number of aliphatic carboxylic acids is 1. The van der Waals surface area contributed by atoms with Gasteiger partial charge in [-0.2, -0.15) is 0 Å². The first-order valence-electron chi connectivity index (χ1n) is 6.37. The van der Waals surface area contributed by atoms with E-state index in [0.717, 1.165) is 5.56 Å². The molecular weight excluding hydrogens is 280 g/mol. The standard InChI is InChI=1S/C14H19ClN2O3/c1-3-14(2,13(19)20)17-9-12(18)16-8-10-6-4-5-7-11(10)15/h4-7,17H,3,8-9H2,1-2H3,(H,16,18)(H,19,20). The average molecular weight is 299 g/mol. The molecule has 1 rings (SSSR count). The Kier molecular flexibility index (Phi) is 5.98. The second kappa shape index (κ2) is 7.26. The molecule has 1 amide bonds. The van der Waals surface area contributed by atoms with Crippen molar-refractivity contribution in [2.75, 3.05) is 6.54 Å². The van der Waals surface area contributed by atoms with Gasteiger partial charge >= 0.3 is 5.97 Å². The van der Waals surface area contributed by atoms with Gasteiger partial charge in [0.2, 0.25) is 5.91 Å². The Balaban J connectivity index is 2.45. The molecule has 0 spiro atoms. The van der Waals surface area contributed by atoms with E-state index < -0.39 is 11.5 Å². The number of rotatable bonds is 7. The molecule has 1 unspecified atom stereocenters. The maximum atomic E-state index is 11.7. The molecule has 6 heteroatoms. The summed E-state index contributed by atoms with van der Waals surface area (Å²) in [6.45, 7) is 3.57. The first kappa shape index (κ1) is 16.5. The minimum Gasteiger partial charge on any atom is -0.480 e. The number of nitrogens with one attached hydrogen (secondary N) is 2. The first-order valence-corrected chi connectivity index (χ1v) is 6.75. The number of carbonyl (C=O) groups is 2. The summed E-state index contributed by atoms with van der Waals surface area (Å²) in [4.78, 5) is 22.8. The predicted molar refractivity (Wildman–Crippen MR) is 77.6 cm³/mol. The Labute approximate surface area is 123 Å². The molecule has 0 aromatic heterocycles. The third-order valence-electron chi connectivity index (χ3n) is 3.25. The van der Waals surface area contributed by atoms with Gasteiger partial charge in [0.1, 0.15) is 5.54 Å². The van der Waals surface area contributed by atoms with Crippen molar-refractivity contribution in [3.05, 3.63) is 34.9 Å². The van der Waals surface area contributed by atoms with Crippen LogP contribution in [0.25, 0.3) is 0 Å². The highest BCUT2D eigenvalue weighted by Crippen LogP contribution is 2.14. The van der Waals surface area contributed by atoms with Gasteiger partial charge in [-0.15, -0.1) is 0 Å². The van der Waals surface area contributed by atoms with Gasteiger partial charge in [0.05, 0.1) is 6.54 Å². The van der Waals surface area contributed by atoms with Crippen molar-refractivity contribution in [1.29, 1.82) is 0 Å². The van der Waals surface area contributed by atoms with Crippen molar-refractivity contribution in [2.45, 2.75) is 32.4 Å². The van der Waals surface area contributed by atoms with Crippen molar-refractivity contribution in [1.82, 2.24) is 10.6 Å². The van der Waals surface area contributed by atoms with Crippen molar-refractivity contribution in [2.24, 2.45) is 0 Å². The van der Waals surface area contributed by atoms with Crippen LogP contribution in [-0.2, 0) is 16.1 Å². The van der Waals surface area contributed by atoms with Crippen LogP contribution in [0.5, 0.6) is 0 Å². The van der Waals surface area contributed by atoms with Crippen LogP contribution in [0.15, 0.2) is 24.3 Å². The number of benzene rings is 1. The fourth-order valence-corrected chi connectivity index (χ4v) is 1.73. The van der Waals surface area contributed by atoms with Gasteiger partial charge in [-0.1, -0.05) is 36.7 Å². The van der Waals surface area contributed by atoms with Crippen molar-refractivity contribution >= 4 is 23.5 Å². The summed E-state index contributed by atoms with van der Waals surface area (Å²) < 4.78 is 0. The number of carbonyl (C=O) groups excluding carboxylic acids is 1. The van der Waals surface area contributed by atoms with Gasteiger partial charge in [0.25, 0.3) is 0 Å². The number of carboxylic acid groups (broad SMARTS) is 1. The number of hydrogen-bond donors (Lipinski definition) is 3. The third kappa shape index (κ3) is 4.51. The lowest BCUT2D eigenvalue weighted by atomic mass is 9.99. The molecule has 0 saturated carbocycles. The van der Waals surface area contributed by atoms with Crippen molar-refractivity contribution in [3.63, 3.8) is 0 Å². The SMILES string of the molecule is CCC(C)(NCC(=O)NCc1ccccc1Cl)C(=O)O. The summed E-state index contributed by atoms with van der Waals surface area (Å²) >= 11 is 5.98. The minimum absolute atomic E-state index is 0.0545. The average Bonchev–Trinajstić information content (AvgIpc) is 2.43. The van der Waals surface area contributed by atoms with E-state index in [1.807, 2.05) is 18.2 Å². The van der Waals surface area contributed by atoms with Crippen LogP contribution in [-0.4, -0.2) is 29.1 Å². The van der Waals surface area contributed by atoms with E-state index >= 15 is 0 Å². The van der Waals surface area contributed by atoms with E-state index in [2.05, 4.69) is 10.6 Å². The molecule has 1 aromatic rings. The van der Waals surface area contributed by atoms with E-state index in [1.54, 1.807) is 19.9 Å². The van der Waals surface area contributed by atoms with Gasteiger partial charge in [-0.05, 0) is 25.0 Å². The lowest BCUT2D eigenvalue weighted by molar-refractivity contribution is -0.144. The molecule has 5 nitrogen and oxygen atoms in total. The molecule has 0 heterocycles. The van der Waals surface area contributed by atoms with Gasteiger partial charge in [-0.3, -0.25) is 14.9 Å². The van der Waals surface area contributed by atoms with Crippen LogP contribution >= 0.6 is 11.6 Å². The minimum atomic E-state index is -1.10. The normalized spacial score (nSPS) is 13.6. The second-order valence-corrected chi connectivity index (χ2v) is 5.12. The van der Waals surface area contributed by atoms with Crippen LogP contribution in [0, 0.1) is 0 Å². The molecule has 20 heavy (non-hydrogen) atoms. The Morgan fingerprint density at radius 2 is 2.00 bits per heavy atom. The van der Waals surface area contributed by atoms with Crippen molar-refractivity contribution in [3.8, 4) is 0 Å². The van der Waals surface area contributed by atoms with Crippen LogP contribution in [0.3, 0.4) is 0 Å². The Bertz CT molecular complexity index is 493. The highest BCUT2D eigenvalue weighted by molar-refractivity contribution is 6.31. The maximum Gasteiger partial charge on any atom is 0.323 e. The molecule has 1 atom stereocenters. The van der Waals surface area contributed by atoms with Crippen LogP contribution in [0.2, 0.25) is 5.02 Å². The molecule has 0 aliphatic rings. The van der Waals surface area contributed by atoms with E-state index in [1.165, 1.54) is 0 Å². The molecule has 0 bridgehead atoms. The molecule has 110 valence electrons. The predicted octanol–water partition coefficient (Wildman–Crippen LogP) is 1.80. The Morgan fingerprint density at radius 3 is 2.55 bits per heavy atom. The summed E-state index contributed by atoms with van der Waals surface area (Å²) in [5.74, 6) is -1.25. The van der Waals surface area contributed by atoms with Gasteiger partial charge in [0.15, 0.2) is 0 Å².